The van der Waals surface area contributed by atoms with Gasteiger partial charge in [0, 0.05) is 18.2 Å². The Morgan fingerprint density at radius 3 is 2.70 bits per heavy atom. The van der Waals surface area contributed by atoms with Crippen molar-refractivity contribution in [3.63, 3.8) is 0 Å². The Hall–Kier alpha value is 0.110. The molecule has 1 unspecified atom stereocenters. The molecule has 0 fully saturated rings. The van der Waals surface area contributed by atoms with Gasteiger partial charge in [-0.25, -0.2) is 0 Å². The highest BCUT2D eigenvalue weighted by atomic mass is 79.9. The molecule has 0 saturated carbocycles. The van der Waals surface area contributed by atoms with Gasteiger partial charge in [0.2, 0.25) is 0 Å². The summed E-state index contributed by atoms with van der Waals surface area (Å²) in [5, 5.41) is -0.0245. The molecular formula is C6H8BrClO2. The molecule has 0 radical (unpaired) electrons. The van der Waals surface area contributed by atoms with Crippen molar-refractivity contribution < 1.29 is 9.59 Å². The number of rotatable bonds is 5. The van der Waals surface area contributed by atoms with Gasteiger partial charge in [-0.1, -0.05) is 15.9 Å². The summed E-state index contributed by atoms with van der Waals surface area (Å²) >= 11 is 8.61. The third-order valence-corrected chi connectivity index (χ3v) is 1.81. The van der Waals surface area contributed by atoms with Gasteiger partial charge >= 0.3 is 0 Å². The summed E-state index contributed by atoms with van der Waals surface area (Å²) < 4.78 is 0. The predicted octanol–water partition coefficient (Wildman–Crippen LogP) is 1.54. The second-order valence-corrected chi connectivity index (χ2v) is 3.10. The normalized spacial score (nSPS) is 12.6. The average molecular weight is 227 g/mol. The van der Waals surface area contributed by atoms with Crippen LogP contribution in [0, 0.1) is 0 Å². The van der Waals surface area contributed by atoms with Crippen molar-refractivity contribution in [2.24, 2.45) is 0 Å². The van der Waals surface area contributed by atoms with Gasteiger partial charge in [0.25, 0.3) is 0 Å². The molecule has 0 aromatic rings. The summed E-state index contributed by atoms with van der Waals surface area (Å²) in [6, 6.07) is 0. The molecule has 0 spiro atoms. The SMILES string of the molecule is O=CCC(Cl)C(=O)CCBr. The maximum Gasteiger partial charge on any atom is 0.151 e. The van der Waals surface area contributed by atoms with Crippen LogP contribution in [0.15, 0.2) is 0 Å². The average Bonchev–Trinajstić information content (AvgIpc) is 1.89. The van der Waals surface area contributed by atoms with E-state index in [1.165, 1.54) is 0 Å². The van der Waals surface area contributed by atoms with Crippen LogP contribution in [-0.2, 0) is 9.59 Å². The van der Waals surface area contributed by atoms with Crippen molar-refractivity contribution in [2.45, 2.75) is 18.2 Å². The Morgan fingerprint density at radius 1 is 1.70 bits per heavy atom. The van der Waals surface area contributed by atoms with E-state index in [2.05, 4.69) is 15.9 Å². The van der Waals surface area contributed by atoms with Crippen LogP contribution >= 0.6 is 27.5 Å². The van der Waals surface area contributed by atoms with Gasteiger partial charge in [0.15, 0.2) is 5.78 Å². The summed E-state index contributed by atoms with van der Waals surface area (Å²) in [7, 11) is 0. The standard InChI is InChI=1S/C6H8BrClO2/c7-3-1-6(10)5(8)2-4-9/h4-5H,1-3H2. The number of ketones is 1. The summed E-state index contributed by atoms with van der Waals surface area (Å²) in [6.07, 6.45) is 1.17. The lowest BCUT2D eigenvalue weighted by Crippen LogP contribution is -2.14. The van der Waals surface area contributed by atoms with Crippen molar-refractivity contribution in [1.29, 1.82) is 0 Å². The monoisotopic (exact) mass is 226 g/mol. The quantitative estimate of drug-likeness (QED) is 0.527. The van der Waals surface area contributed by atoms with E-state index in [4.69, 9.17) is 11.6 Å². The summed E-state index contributed by atoms with van der Waals surface area (Å²) in [5.41, 5.74) is 0. The molecule has 10 heavy (non-hydrogen) atoms. The van der Waals surface area contributed by atoms with Gasteiger partial charge in [0.1, 0.15) is 6.29 Å². The molecule has 0 heterocycles. The summed E-state index contributed by atoms with van der Waals surface area (Å²) in [5.74, 6) is -0.0781. The molecule has 1 atom stereocenters. The molecule has 0 aliphatic carbocycles. The molecule has 0 aromatic heterocycles. The number of hydrogen-bond donors (Lipinski definition) is 0. The first-order chi connectivity index (χ1) is 4.72. The van der Waals surface area contributed by atoms with Gasteiger partial charge < -0.3 is 4.79 Å². The minimum atomic E-state index is -0.630. The number of hydrogen-bond acceptors (Lipinski definition) is 2. The smallest absolute Gasteiger partial charge is 0.151 e. The zero-order chi connectivity index (χ0) is 7.98. The van der Waals surface area contributed by atoms with Crippen LogP contribution in [0.5, 0.6) is 0 Å². The zero-order valence-corrected chi connectivity index (χ0v) is 7.69. The number of aldehydes is 1. The lowest BCUT2D eigenvalue weighted by molar-refractivity contribution is -0.120. The molecule has 0 aliphatic rings. The van der Waals surface area contributed by atoms with E-state index < -0.39 is 5.38 Å². The van der Waals surface area contributed by atoms with Crippen LogP contribution in [0.25, 0.3) is 0 Å². The largest absolute Gasteiger partial charge is 0.303 e. The molecule has 0 saturated heterocycles. The maximum absolute atomic E-state index is 10.8. The first kappa shape index (κ1) is 10.1. The van der Waals surface area contributed by atoms with E-state index in [0.717, 1.165) is 0 Å². The van der Waals surface area contributed by atoms with E-state index in [0.29, 0.717) is 18.0 Å². The predicted molar refractivity (Wildman–Crippen MR) is 43.7 cm³/mol. The summed E-state index contributed by atoms with van der Waals surface area (Å²) in [4.78, 5) is 20.7. The molecule has 0 N–H and O–H groups in total. The Bertz CT molecular complexity index is 127. The molecule has 0 amide bonds. The van der Waals surface area contributed by atoms with Crippen LogP contribution in [0.3, 0.4) is 0 Å². The van der Waals surface area contributed by atoms with E-state index >= 15 is 0 Å². The minimum absolute atomic E-state index is 0.0781. The Kier molecular flexibility index (Phi) is 5.93. The molecule has 0 aliphatic heterocycles. The van der Waals surface area contributed by atoms with E-state index in [-0.39, 0.29) is 12.2 Å². The van der Waals surface area contributed by atoms with Crippen molar-refractivity contribution >= 4 is 39.6 Å². The summed E-state index contributed by atoms with van der Waals surface area (Å²) in [6.45, 7) is 0. The highest BCUT2D eigenvalue weighted by Gasteiger charge is 2.12. The highest BCUT2D eigenvalue weighted by molar-refractivity contribution is 9.09. The van der Waals surface area contributed by atoms with Gasteiger partial charge in [0.05, 0.1) is 5.38 Å². The number of Topliss-reactive ketones (excluding diaryl/α,β-unsaturated/α-hetero) is 1. The highest BCUT2D eigenvalue weighted by Crippen LogP contribution is 2.05. The molecule has 0 aromatic carbocycles. The Morgan fingerprint density at radius 2 is 2.30 bits per heavy atom. The fraction of sp³-hybridized carbons (Fsp3) is 0.667. The first-order valence-corrected chi connectivity index (χ1v) is 4.44. The van der Waals surface area contributed by atoms with Gasteiger partial charge in [-0.05, 0) is 0 Å². The Labute approximate surface area is 73.1 Å². The fourth-order valence-electron chi connectivity index (χ4n) is 0.466. The number of carbonyl (C=O) groups is 2. The van der Waals surface area contributed by atoms with Crippen molar-refractivity contribution in [3.05, 3.63) is 0 Å². The zero-order valence-electron chi connectivity index (χ0n) is 5.35. The third kappa shape index (κ3) is 4.01. The molecule has 4 heteroatoms. The van der Waals surface area contributed by atoms with E-state index in [1.807, 2.05) is 0 Å². The second kappa shape index (κ2) is 5.86. The van der Waals surface area contributed by atoms with Crippen LogP contribution < -0.4 is 0 Å². The van der Waals surface area contributed by atoms with Crippen LogP contribution in [0.2, 0.25) is 0 Å². The molecular weight excluding hydrogens is 219 g/mol. The maximum atomic E-state index is 10.8. The number of alkyl halides is 2. The van der Waals surface area contributed by atoms with Gasteiger partial charge in [-0.15, -0.1) is 11.6 Å². The van der Waals surface area contributed by atoms with Crippen molar-refractivity contribution in [3.8, 4) is 0 Å². The lowest BCUT2D eigenvalue weighted by Gasteiger charge is -2.00. The van der Waals surface area contributed by atoms with Crippen molar-refractivity contribution in [1.82, 2.24) is 0 Å². The van der Waals surface area contributed by atoms with Crippen molar-refractivity contribution in [2.75, 3.05) is 5.33 Å². The number of carbonyl (C=O) groups excluding carboxylic acids is 2. The topological polar surface area (TPSA) is 34.1 Å². The van der Waals surface area contributed by atoms with Crippen LogP contribution in [0.4, 0.5) is 0 Å². The van der Waals surface area contributed by atoms with Gasteiger partial charge in [-0.2, -0.15) is 0 Å². The second-order valence-electron chi connectivity index (χ2n) is 1.78. The fourth-order valence-corrected chi connectivity index (χ4v) is 1.04. The first-order valence-electron chi connectivity index (χ1n) is 2.88. The molecule has 58 valence electrons. The Balaban J connectivity index is 3.58. The molecule has 0 bridgehead atoms. The minimum Gasteiger partial charge on any atom is -0.303 e. The molecule has 2 nitrogen and oxygen atoms in total. The molecule has 0 rings (SSSR count). The van der Waals surface area contributed by atoms with Crippen LogP contribution in [-0.4, -0.2) is 22.8 Å². The number of halogens is 2. The lowest BCUT2D eigenvalue weighted by atomic mass is 10.2. The third-order valence-electron chi connectivity index (χ3n) is 0.993. The van der Waals surface area contributed by atoms with Crippen LogP contribution in [0.1, 0.15) is 12.8 Å². The van der Waals surface area contributed by atoms with Gasteiger partial charge in [-0.3, -0.25) is 4.79 Å². The van der Waals surface area contributed by atoms with E-state index in [1.54, 1.807) is 0 Å². The van der Waals surface area contributed by atoms with E-state index in [9.17, 15) is 9.59 Å².